The van der Waals surface area contributed by atoms with E-state index in [-0.39, 0.29) is 5.91 Å². The van der Waals surface area contributed by atoms with Crippen LogP contribution in [0.25, 0.3) is 0 Å². The van der Waals surface area contributed by atoms with Crippen LogP contribution in [0.2, 0.25) is 0 Å². The number of ether oxygens (including phenoxy) is 1. The summed E-state index contributed by atoms with van der Waals surface area (Å²) in [7, 11) is 0. The summed E-state index contributed by atoms with van der Waals surface area (Å²) in [6.07, 6.45) is 2.24. The van der Waals surface area contributed by atoms with Crippen molar-refractivity contribution in [3.8, 4) is 5.75 Å². The smallest absolute Gasteiger partial charge is 0.308 e. The van der Waals surface area contributed by atoms with Gasteiger partial charge in [0.1, 0.15) is 11.8 Å². The molecule has 114 valence electrons. The zero-order chi connectivity index (χ0) is 15.8. The van der Waals surface area contributed by atoms with Crippen LogP contribution in [0.4, 0.5) is 0 Å². The van der Waals surface area contributed by atoms with Crippen LogP contribution in [0.5, 0.6) is 5.75 Å². The average molecular weight is 292 g/mol. The lowest BCUT2D eigenvalue weighted by Gasteiger charge is -2.15. The van der Waals surface area contributed by atoms with E-state index in [1.54, 1.807) is 0 Å². The van der Waals surface area contributed by atoms with E-state index in [9.17, 15) is 14.4 Å². The van der Waals surface area contributed by atoms with Gasteiger partial charge in [-0.3, -0.25) is 14.4 Å². The fourth-order valence-corrected chi connectivity index (χ4v) is 1.78. The van der Waals surface area contributed by atoms with Crippen molar-refractivity contribution in [3.05, 3.63) is 29.8 Å². The van der Waals surface area contributed by atoms with Gasteiger partial charge in [0.15, 0.2) is 0 Å². The molecule has 3 N–H and O–H groups in total. The summed E-state index contributed by atoms with van der Waals surface area (Å²) >= 11 is 0. The molecule has 0 aliphatic carbocycles. The predicted octanol–water partition coefficient (Wildman–Crippen LogP) is 1.39. The number of hydrogen-bond donors (Lipinski definition) is 2. The first-order chi connectivity index (χ1) is 9.93. The van der Waals surface area contributed by atoms with Gasteiger partial charge in [0, 0.05) is 12.5 Å². The number of primary amides is 1. The second-order valence-electron chi connectivity index (χ2n) is 4.69. The zero-order valence-corrected chi connectivity index (χ0v) is 12.2. The van der Waals surface area contributed by atoms with Gasteiger partial charge in [-0.1, -0.05) is 19.8 Å². The first-order valence-electron chi connectivity index (χ1n) is 6.82. The fourth-order valence-electron chi connectivity index (χ4n) is 1.78. The van der Waals surface area contributed by atoms with Gasteiger partial charge in [-0.05, 0) is 30.7 Å². The number of carbonyl (C=O) groups is 3. The van der Waals surface area contributed by atoms with E-state index < -0.39 is 17.9 Å². The third kappa shape index (κ3) is 5.64. The second-order valence-corrected chi connectivity index (χ2v) is 4.69. The topological polar surface area (TPSA) is 98.5 Å². The highest BCUT2D eigenvalue weighted by Crippen LogP contribution is 2.12. The average Bonchev–Trinajstić information content (AvgIpc) is 2.43. The van der Waals surface area contributed by atoms with E-state index in [0.29, 0.717) is 17.7 Å². The van der Waals surface area contributed by atoms with Crippen molar-refractivity contribution in [2.24, 2.45) is 5.73 Å². The van der Waals surface area contributed by atoms with Gasteiger partial charge in [-0.2, -0.15) is 0 Å². The SMILES string of the molecule is CCCC[C@@H](NC(=O)c1ccc(OC(C)=O)cc1)C(N)=O. The van der Waals surface area contributed by atoms with Crippen LogP contribution < -0.4 is 15.8 Å². The van der Waals surface area contributed by atoms with E-state index >= 15 is 0 Å². The highest BCUT2D eigenvalue weighted by Gasteiger charge is 2.18. The minimum Gasteiger partial charge on any atom is -0.427 e. The number of nitrogens with one attached hydrogen (secondary N) is 1. The molecule has 0 spiro atoms. The van der Waals surface area contributed by atoms with Crippen LogP contribution in [0.15, 0.2) is 24.3 Å². The molecule has 0 heterocycles. The molecule has 0 saturated carbocycles. The highest BCUT2D eigenvalue weighted by atomic mass is 16.5. The van der Waals surface area contributed by atoms with Crippen molar-refractivity contribution in [2.75, 3.05) is 0 Å². The van der Waals surface area contributed by atoms with Gasteiger partial charge < -0.3 is 15.8 Å². The first kappa shape index (κ1) is 16.7. The number of carbonyl (C=O) groups excluding carboxylic acids is 3. The molecule has 2 amide bonds. The van der Waals surface area contributed by atoms with E-state index in [1.807, 2.05) is 6.92 Å². The van der Waals surface area contributed by atoms with Crippen molar-refractivity contribution in [2.45, 2.75) is 39.2 Å². The Hall–Kier alpha value is -2.37. The molecule has 0 saturated heterocycles. The summed E-state index contributed by atoms with van der Waals surface area (Å²) in [6.45, 7) is 3.29. The van der Waals surface area contributed by atoms with Crippen molar-refractivity contribution in [1.82, 2.24) is 5.32 Å². The van der Waals surface area contributed by atoms with Crippen LogP contribution in [-0.4, -0.2) is 23.8 Å². The molecular formula is C15H20N2O4. The third-order valence-corrected chi connectivity index (χ3v) is 2.87. The Morgan fingerprint density at radius 1 is 1.24 bits per heavy atom. The molecule has 1 rings (SSSR count). The van der Waals surface area contributed by atoms with Gasteiger partial charge in [-0.15, -0.1) is 0 Å². The fraction of sp³-hybridized carbons (Fsp3) is 0.400. The van der Waals surface area contributed by atoms with Crippen LogP contribution in [0, 0.1) is 0 Å². The van der Waals surface area contributed by atoms with Crippen LogP contribution >= 0.6 is 0 Å². The second kappa shape index (κ2) is 8.04. The van der Waals surface area contributed by atoms with Gasteiger partial charge in [0.25, 0.3) is 5.91 Å². The Bertz CT molecular complexity index is 511. The standard InChI is InChI=1S/C15H20N2O4/c1-3-4-5-13(14(16)19)17-15(20)11-6-8-12(9-7-11)21-10(2)18/h6-9,13H,3-5H2,1-2H3,(H2,16,19)(H,17,20)/t13-/m1/s1. The molecule has 0 bridgehead atoms. The highest BCUT2D eigenvalue weighted by molar-refractivity contribution is 5.97. The third-order valence-electron chi connectivity index (χ3n) is 2.87. The van der Waals surface area contributed by atoms with Crippen LogP contribution in [-0.2, 0) is 9.59 Å². The summed E-state index contributed by atoms with van der Waals surface area (Å²) in [6, 6.07) is 5.39. The Morgan fingerprint density at radius 3 is 2.33 bits per heavy atom. The van der Waals surface area contributed by atoms with E-state index in [0.717, 1.165) is 12.8 Å². The summed E-state index contributed by atoms with van der Waals surface area (Å²) in [5, 5.41) is 2.61. The van der Waals surface area contributed by atoms with Gasteiger partial charge in [-0.25, -0.2) is 0 Å². The number of amides is 2. The number of unbranched alkanes of at least 4 members (excludes halogenated alkanes) is 1. The summed E-state index contributed by atoms with van der Waals surface area (Å²) in [5.74, 6) is -1.00. The van der Waals surface area contributed by atoms with Crippen molar-refractivity contribution in [1.29, 1.82) is 0 Å². The van der Waals surface area contributed by atoms with Gasteiger partial charge in [0.2, 0.25) is 5.91 Å². The number of nitrogens with two attached hydrogens (primary N) is 1. The lowest BCUT2D eigenvalue weighted by Crippen LogP contribution is -2.44. The van der Waals surface area contributed by atoms with E-state index in [4.69, 9.17) is 10.5 Å². The summed E-state index contributed by atoms with van der Waals surface area (Å²) in [4.78, 5) is 34.1. The van der Waals surface area contributed by atoms with Crippen molar-refractivity contribution < 1.29 is 19.1 Å². The molecule has 0 aromatic heterocycles. The Balaban J connectivity index is 2.69. The molecule has 1 atom stereocenters. The molecule has 1 aromatic rings. The molecule has 6 heteroatoms. The largest absolute Gasteiger partial charge is 0.427 e. The molecule has 6 nitrogen and oxygen atoms in total. The van der Waals surface area contributed by atoms with Gasteiger partial charge >= 0.3 is 5.97 Å². The maximum absolute atomic E-state index is 12.0. The zero-order valence-electron chi connectivity index (χ0n) is 12.2. The molecule has 0 unspecified atom stereocenters. The van der Waals surface area contributed by atoms with E-state index in [2.05, 4.69) is 5.32 Å². The number of benzene rings is 1. The molecule has 0 aliphatic heterocycles. The Labute approximate surface area is 123 Å². The number of hydrogen-bond acceptors (Lipinski definition) is 4. The number of esters is 1. The molecular weight excluding hydrogens is 272 g/mol. The molecule has 0 fully saturated rings. The summed E-state index contributed by atoms with van der Waals surface area (Å²) in [5.41, 5.74) is 5.64. The quantitative estimate of drug-likeness (QED) is 0.586. The van der Waals surface area contributed by atoms with E-state index in [1.165, 1.54) is 31.2 Å². The van der Waals surface area contributed by atoms with Crippen LogP contribution in [0.1, 0.15) is 43.5 Å². The van der Waals surface area contributed by atoms with Crippen LogP contribution in [0.3, 0.4) is 0 Å². The maximum atomic E-state index is 12.0. The number of rotatable bonds is 7. The van der Waals surface area contributed by atoms with Crippen molar-refractivity contribution in [3.63, 3.8) is 0 Å². The van der Waals surface area contributed by atoms with Gasteiger partial charge in [0.05, 0.1) is 0 Å². The van der Waals surface area contributed by atoms with Crippen molar-refractivity contribution >= 4 is 17.8 Å². The molecule has 0 radical (unpaired) electrons. The lowest BCUT2D eigenvalue weighted by atomic mass is 10.1. The normalized spacial score (nSPS) is 11.5. The summed E-state index contributed by atoms with van der Waals surface area (Å²) < 4.78 is 4.88. The molecule has 21 heavy (non-hydrogen) atoms. The maximum Gasteiger partial charge on any atom is 0.308 e. The Kier molecular flexibility index (Phi) is 6.39. The minimum absolute atomic E-state index is 0.358. The minimum atomic E-state index is -0.675. The molecule has 1 aromatic carbocycles. The predicted molar refractivity (Wildman–Crippen MR) is 77.7 cm³/mol. The molecule has 0 aliphatic rings. The lowest BCUT2D eigenvalue weighted by molar-refractivity contribution is -0.131. The monoisotopic (exact) mass is 292 g/mol. The Morgan fingerprint density at radius 2 is 1.86 bits per heavy atom. The first-order valence-corrected chi connectivity index (χ1v) is 6.82.